The molecule has 0 aliphatic rings. The number of benzene rings is 1. The first-order valence-corrected chi connectivity index (χ1v) is 7.17. The Balaban J connectivity index is 2.19. The van der Waals surface area contributed by atoms with Crippen molar-refractivity contribution in [2.45, 2.75) is 10.6 Å². The normalized spacial score (nSPS) is 10.6. The Morgan fingerprint density at radius 3 is 2.56 bits per heavy atom. The summed E-state index contributed by atoms with van der Waals surface area (Å²) >= 11 is 19.4. The Hall–Kier alpha value is -0.610. The van der Waals surface area contributed by atoms with Crippen LogP contribution >= 0.6 is 46.6 Å². The number of halogens is 3. The van der Waals surface area contributed by atoms with Gasteiger partial charge < -0.3 is 5.73 Å². The summed E-state index contributed by atoms with van der Waals surface area (Å²) in [5.74, 6) is 0.563. The number of rotatable bonds is 3. The van der Waals surface area contributed by atoms with Gasteiger partial charge >= 0.3 is 0 Å². The number of nitrogens with two attached hydrogens (primary N) is 1. The van der Waals surface area contributed by atoms with Crippen LogP contribution in [0, 0.1) is 0 Å². The van der Waals surface area contributed by atoms with E-state index in [1.807, 2.05) is 6.07 Å². The fourth-order valence-electron chi connectivity index (χ4n) is 1.38. The highest BCUT2D eigenvalue weighted by molar-refractivity contribution is 7.98. The summed E-state index contributed by atoms with van der Waals surface area (Å²) in [5, 5.41) is 1.62. The van der Waals surface area contributed by atoms with Crippen molar-refractivity contribution in [3.8, 4) is 0 Å². The van der Waals surface area contributed by atoms with E-state index in [0.717, 1.165) is 4.90 Å². The SMILES string of the molecule is Nc1cccc(Cl)c1SCc1nc(Cl)ccc1Cl. The van der Waals surface area contributed by atoms with Crippen molar-refractivity contribution in [3.05, 3.63) is 51.2 Å². The number of pyridine rings is 1. The molecule has 0 amide bonds. The molecule has 18 heavy (non-hydrogen) atoms. The largest absolute Gasteiger partial charge is 0.398 e. The Morgan fingerprint density at radius 2 is 1.83 bits per heavy atom. The predicted molar refractivity (Wildman–Crippen MR) is 79.7 cm³/mol. The second-order valence-electron chi connectivity index (χ2n) is 3.51. The number of thioether (sulfide) groups is 1. The first-order valence-electron chi connectivity index (χ1n) is 5.05. The van der Waals surface area contributed by atoms with E-state index in [0.29, 0.717) is 32.3 Å². The van der Waals surface area contributed by atoms with Crippen molar-refractivity contribution in [2.24, 2.45) is 0 Å². The third-order valence-corrected chi connectivity index (χ3v) is 4.38. The molecule has 1 heterocycles. The summed E-state index contributed by atoms with van der Waals surface area (Å²) in [6.45, 7) is 0. The molecule has 0 radical (unpaired) electrons. The summed E-state index contributed by atoms with van der Waals surface area (Å²) in [6.07, 6.45) is 0. The van der Waals surface area contributed by atoms with Gasteiger partial charge in [0.2, 0.25) is 0 Å². The van der Waals surface area contributed by atoms with E-state index in [4.69, 9.17) is 40.5 Å². The van der Waals surface area contributed by atoms with Crippen molar-refractivity contribution in [1.29, 1.82) is 0 Å². The molecule has 0 fully saturated rings. The van der Waals surface area contributed by atoms with Crippen molar-refractivity contribution < 1.29 is 0 Å². The smallest absolute Gasteiger partial charge is 0.129 e. The molecular weight excluding hydrogens is 311 g/mol. The minimum atomic E-state index is 0.419. The highest BCUT2D eigenvalue weighted by Gasteiger charge is 2.08. The van der Waals surface area contributed by atoms with Crippen LogP contribution < -0.4 is 5.73 Å². The van der Waals surface area contributed by atoms with E-state index in [9.17, 15) is 0 Å². The summed E-state index contributed by atoms with van der Waals surface area (Å²) < 4.78 is 0. The average Bonchev–Trinajstić information content (AvgIpc) is 2.33. The zero-order valence-electron chi connectivity index (χ0n) is 9.16. The first-order chi connectivity index (χ1) is 8.58. The van der Waals surface area contributed by atoms with Crippen LogP contribution in [0.3, 0.4) is 0 Å². The van der Waals surface area contributed by atoms with Gasteiger partial charge in [-0.2, -0.15) is 0 Å². The summed E-state index contributed by atoms with van der Waals surface area (Å²) in [7, 11) is 0. The maximum Gasteiger partial charge on any atom is 0.129 e. The average molecular weight is 320 g/mol. The van der Waals surface area contributed by atoms with Crippen molar-refractivity contribution >= 4 is 52.3 Å². The molecule has 0 saturated carbocycles. The van der Waals surface area contributed by atoms with E-state index >= 15 is 0 Å². The Kier molecular flexibility index (Phi) is 4.62. The van der Waals surface area contributed by atoms with Gasteiger partial charge in [0, 0.05) is 16.3 Å². The standard InChI is InChI=1S/C12H9Cl3N2S/c13-7-4-5-11(15)17-10(7)6-18-12-8(14)2-1-3-9(12)16/h1-5H,6,16H2. The van der Waals surface area contributed by atoms with Gasteiger partial charge in [0.25, 0.3) is 0 Å². The van der Waals surface area contributed by atoms with Crippen LogP contribution in [0.15, 0.2) is 35.2 Å². The van der Waals surface area contributed by atoms with Crippen LogP contribution in [0.1, 0.15) is 5.69 Å². The topological polar surface area (TPSA) is 38.9 Å². The van der Waals surface area contributed by atoms with Crippen molar-refractivity contribution in [1.82, 2.24) is 4.98 Å². The van der Waals surface area contributed by atoms with Gasteiger partial charge in [-0.05, 0) is 24.3 Å². The first kappa shape index (κ1) is 13.8. The third-order valence-electron chi connectivity index (χ3n) is 2.24. The van der Waals surface area contributed by atoms with Gasteiger partial charge in [-0.25, -0.2) is 4.98 Å². The fraction of sp³-hybridized carbons (Fsp3) is 0.0833. The van der Waals surface area contributed by atoms with Crippen molar-refractivity contribution in [2.75, 3.05) is 5.73 Å². The molecular formula is C12H9Cl3N2S. The van der Waals surface area contributed by atoms with Gasteiger partial charge in [-0.3, -0.25) is 0 Å². The van der Waals surface area contributed by atoms with Crippen LogP contribution in [0.5, 0.6) is 0 Å². The Bertz CT molecular complexity index is 555. The van der Waals surface area contributed by atoms with E-state index in [2.05, 4.69) is 4.98 Å². The molecule has 94 valence electrons. The molecule has 0 atom stereocenters. The number of anilines is 1. The summed E-state index contributed by atoms with van der Waals surface area (Å²) in [6, 6.07) is 8.80. The lowest BCUT2D eigenvalue weighted by atomic mass is 10.3. The Labute approximate surface area is 124 Å². The lowest BCUT2D eigenvalue weighted by Gasteiger charge is -2.08. The van der Waals surface area contributed by atoms with Gasteiger partial charge in [0.1, 0.15) is 5.15 Å². The van der Waals surface area contributed by atoms with E-state index in [-0.39, 0.29) is 0 Å². The molecule has 2 nitrogen and oxygen atoms in total. The lowest BCUT2D eigenvalue weighted by molar-refractivity contribution is 1.17. The maximum absolute atomic E-state index is 6.09. The van der Waals surface area contributed by atoms with Gasteiger partial charge in [0.05, 0.1) is 15.7 Å². The minimum Gasteiger partial charge on any atom is -0.398 e. The van der Waals surface area contributed by atoms with Crippen LogP contribution in [0.25, 0.3) is 0 Å². The lowest BCUT2D eigenvalue weighted by Crippen LogP contribution is -1.92. The number of nitrogens with zero attached hydrogens (tertiary/aromatic N) is 1. The zero-order chi connectivity index (χ0) is 13.1. The molecule has 0 spiro atoms. The van der Waals surface area contributed by atoms with Gasteiger partial charge in [-0.15, -0.1) is 11.8 Å². The molecule has 0 aliphatic carbocycles. The molecule has 0 aliphatic heterocycles. The highest BCUT2D eigenvalue weighted by atomic mass is 35.5. The molecule has 0 saturated heterocycles. The molecule has 6 heteroatoms. The van der Waals surface area contributed by atoms with Crippen LogP contribution in [-0.4, -0.2) is 4.98 Å². The van der Waals surface area contributed by atoms with Crippen LogP contribution in [0.2, 0.25) is 15.2 Å². The summed E-state index contributed by atoms with van der Waals surface area (Å²) in [4.78, 5) is 5.01. The highest BCUT2D eigenvalue weighted by Crippen LogP contribution is 2.35. The van der Waals surface area contributed by atoms with E-state index in [1.54, 1.807) is 24.3 Å². The molecule has 0 bridgehead atoms. The molecule has 2 N–H and O–H groups in total. The molecule has 2 rings (SSSR count). The number of aromatic nitrogens is 1. The number of hydrogen-bond acceptors (Lipinski definition) is 3. The molecule has 1 aromatic heterocycles. The summed E-state index contributed by atoms with van der Waals surface area (Å²) in [5.41, 5.74) is 7.23. The van der Waals surface area contributed by atoms with E-state index in [1.165, 1.54) is 11.8 Å². The number of hydrogen-bond donors (Lipinski definition) is 1. The number of nitrogen functional groups attached to an aromatic ring is 1. The quantitative estimate of drug-likeness (QED) is 0.496. The van der Waals surface area contributed by atoms with Gasteiger partial charge in [0.15, 0.2) is 0 Å². The molecule has 0 unspecified atom stereocenters. The molecule has 2 aromatic rings. The second kappa shape index (κ2) is 6.02. The van der Waals surface area contributed by atoms with Crippen LogP contribution in [-0.2, 0) is 5.75 Å². The predicted octanol–water partition coefficient (Wildman–Crippen LogP) is 4.92. The fourth-order valence-corrected chi connectivity index (χ4v) is 3.08. The van der Waals surface area contributed by atoms with Gasteiger partial charge in [-0.1, -0.05) is 40.9 Å². The Morgan fingerprint density at radius 1 is 1.06 bits per heavy atom. The van der Waals surface area contributed by atoms with Crippen molar-refractivity contribution in [3.63, 3.8) is 0 Å². The maximum atomic E-state index is 6.09. The van der Waals surface area contributed by atoms with Crippen LogP contribution in [0.4, 0.5) is 5.69 Å². The molecule has 1 aromatic carbocycles. The second-order valence-corrected chi connectivity index (χ2v) is 5.70. The van der Waals surface area contributed by atoms with E-state index < -0.39 is 0 Å². The third kappa shape index (κ3) is 3.23. The zero-order valence-corrected chi connectivity index (χ0v) is 12.2. The minimum absolute atomic E-state index is 0.419. The monoisotopic (exact) mass is 318 g/mol.